The number of hydrogen-bond donors (Lipinski definition) is 4. The third kappa shape index (κ3) is 16.4. The molecule has 310 valence electrons. The highest BCUT2D eigenvalue weighted by atomic mass is 16.6. The Morgan fingerprint density at radius 2 is 1.35 bits per heavy atom. The first-order valence-corrected chi connectivity index (χ1v) is 18.8. The Kier molecular flexibility index (Phi) is 17.6. The summed E-state index contributed by atoms with van der Waals surface area (Å²) in [4.78, 5) is 64.2. The molecule has 0 aliphatic rings. The van der Waals surface area contributed by atoms with E-state index in [0.717, 1.165) is 5.56 Å². The third-order valence-electron chi connectivity index (χ3n) is 7.82. The number of methoxy groups -OCH3 is 1. The van der Waals surface area contributed by atoms with E-state index in [9.17, 15) is 24.0 Å². The number of unbranched alkanes of at least 4 members (excludes halogenated alkanes) is 1. The lowest BCUT2D eigenvalue weighted by molar-refractivity contribution is -0.120. The Labute approximate surface area is 335 Å². The molecule has 0 saturated carbocycles. The van der Waals surface area contributed by atoms with Gasteiger partial charge in [0.25, 0.3) is 11.8 Å². The molecule has 0 saturated heterocycles. The van der Waals surface area contributed by atoms with Crippen molar-refractivity contribution in [1.29, 1.82) is 0 Å². The Morgan fingerprint density at radius 1 is 0.702 bits per heavy atom. The molecule has 0 aliphatic carbocycles. The second kappa shape index (κ2) is 22.0. The van der Waals surface area contributed by atoms with Gasteiger partial charge in [-0.2, -0.15) is 0 Å². The van der Waals surface area contributed by atoms with Gasteiger partial charge in [0.1, 0.15) is 22.7 Å². The topological polar surface area (TPSA) is 183 Å². The number of ether oxygens (including phenoxy) is 5. The highest BCUT2D eigenvalue weighted by Gasteiger charge is 2.21. The number of carbonyl (C=O) groups excluding carboxylic acids is 5. The van der Waals surface area contributed by atoms with Crippen LogP contribution in [0.2, 0.25) is 0 Å². The molecular formula is C42H57N5O10. The molecule has 3 aromatic rings. The summed E-state index contributed by atoms with van der Waals surface area (Å²) < 4.78 is 27.7. The van der Waals surface area contributed by atoms with E-state index in [4.69, 9.17) is 23.7 Å². The molecule has 0 aromatic heterocycles. The molecule has 57 heavy (non-hydrogen) atoms. The van der Waals surface area contributed by atoms with Gasteiger partial charge in [-0.3, -0.25) is 14.4 Å². The fraction of sp³-hybridized carbons (Fsp3) is 0.452. The summed E-state index contributed by atoms with van der Waals surface area (Å²) in [5.74, 6) is -0.375. The van der Waals surface area contributed by atoms with Gasteiger partial charge in [0.05, 0.1) is 38.1 Å². The van der Waals surface area contributed by atoms with Crippen molar-refractivity contribution in [2.24, 2.45) is 0 Å². The monoisotopic (exact) mass is 791 g/mol. The number of nitrogens with zero attached hydrogens (tertiary/aromatic N) is 1. The predicted molar refractivity (Wildman–Crippen MR) is 217 cm³/mol. The van der Waals surface area contributed by atoms with Crippen molar-refractivity contribution in [3.63, 3.8) is 0 Å². The number of para-hydroxylation sites is 2. The number of hydrogen-bond acceptors (Lipinski definition) is 10. The van der Waals surface area contributed by atoms with E-state index in [2.05, 4.69) is 21.3 Å². The molecule has 3 aromatic carbocycles. The highest BCUT2D eigenvalue weighted by Crippen LogP contribution is 2.30. The van der Waals surface area contributed by atoms with Crippen LogP contribution in [0.25, 0.3) is 0 Å². The van der Waals surface area contributed by atoms with Crippen LogP contribution in [0.1, 0.15) is 87.1 Å². The van der Waals surface area contributed by atoms with Crippen molar-refractivity contribution in [2.75, 3.05) is 57.2 Å². The second-order valence-electron chi connectivity index (χ2n) is 15.0. The molecule has 15 nitrogen and oxygen atoms in total. The summed E-state index contributed by atoms with van der Waals surface area (Å²) in [5, 5.41) is 10.7. The van der Waals surface area contributed by atoms with E-state index in [1.807, 2.05) is 24.3 Å². The molecule has 3 rings (SSSR count). The summed E-state index contributed by atoms with van der Waals surface area (Å²) in [5.41, 5.74) is 1.25. The summed E-state index contributed by atoms with van der Waals surface area (Å²) in [7, 11) is 3.13. The second-order valence-corrected chi connectivity index (χ2v) is 15.0. The molecule has 0 aliphatic heterocycles. The Hall–Kier alpha value is -5.83. The molecule has 0 radical (unpaired) electrons. The third-order valence-corrected chi connectivity index (χ3v) is 7.82. The van der Waals surface area contributed by atoms with Crippen molar-refractivity contribution in [2.45, 2.75) is 78.6 Å². The maximum absolute atomic E-state index is 13.7. The van der Waals surface area contributed by atoms with Gasteiger partial charge in [0.2, 0.25) is 5.91 Å². The molecule has 0 heterocycles. The van der Waals surface area contributed by atoms with Crippen molar-refractivity contribution in [3.05, 3.63) is 83.4 Å². The minimum absolute atomic E-state index is 0.173. The molecule has 5 amide bonds. The van der Waals surface area contributed by atoms with Crippen LogP contribution >= 0.6 is 0 Å². The largest absolute Gasteiger partial charge is 0.495 e. The number of carbonyl (C=O) groups is 5. The van der Waals surface area contributed by atoms with Gasteiger partial charge in [-0.05, 0) is 97.2 Å². The standard InChI is InChI=1S/C42H57N5O10/c1-41(2,3)56-39(51)44-23-15-25-55-34-19-12-10-17-31(34)37(49)46-32-21-20-29(26-35(32)53-8)38(50)47(7)33-18-11-9-16-30(33)28-54-24-14-13-22-43-36(48)27-45-40(52)57-42(4,5)6/h9-12,16-21,26H,13-15,22-25,27-28H2,1-8H3,(H,43,48)(H,44,51)(H,45,52)(H,46,49). The first-order valence-electron chi connectivity index (χ1n) is 18.8. The minimum Gasteiger partial charge on any atom is -0.495 e. The van der Waals surface area contributed by atoms with Gasteiger partial charge in [-0.15, -0.1) is 0 Å². The van der Waals surface area contributed by atoms with Crippen molar-refractivity contribution in [1.82, 2.24) is 16.0 Å². The van der Waals surface area contributed by atoms with Crippen LogP contribution in [0.5, 0.6) is 11.5 Å². The molecule has 0 spiro atoms. The lowest BCUT2D eigenvalue weighted by atomic mass is 10.1. The quantitative estimate of drug-likeness (QED) is 0.0985. The van der Waals surface area contributed by atoms with Crippen LogP contribution in [0, 0.1) is 0 Å². The van der Waals surface area contributed by atoms with E-state index >= 15 is 0 Å². The molecule has 0 unspecified atom stereocenters. The maximum Gasteiger partial charge on any atom is 0.408 e. The zero-order valence-electron chi connectivity index (χ0n) is 34.2. The molecule has 0 atom stereocenters. The van der Waals surface area contributed by atoms with E-state index in [1.54, 1.807) is 91.1 Å². The molecule has 15 heteroatoms. The summed E-state index contributed by atoms with van der Waals surface area (Å²) in [6.45, 7) is 12.2. The SMILES string of the molecule is COc1cc(C(=O)N(C)c2ccccc2COCCCCNC(=O)CNC(=O)OC(C)(C)C)ccc1NC(=O)c1ccccc1OCCCNC(=O)OC(C)(C)C. The number of benzene rings is 3. The van der Waals surface area contributed by atoms with Gasteiger partial charge in [-0.1, -0.05) is 30.3 Å². The zero-order chi connectivity index (χ0) is 42.0. The lowest BCUT2D eigenvalue weighted by Gasteiger charge is -2.21. The summed E-state index contributed by atoms with van der Waals surface area (Å²) >= 11 is 0. The highest BCUT2D eigenvalue weighted by molar-refractivity contribution is 6.09. The van der Waals surface area contributed by atoms with Crippen LogP contribution < -0.4 is 35.6 Å². The first kappa shape index (κ1) is 45.6. The van der Waals surface area contributed by atoms with E-state index < -0.39 is 29.3 Å². The van der Waals surface area contributed by atoms with Gasteiger partial charge in [-0.25, -0.2) is 9.59 Å². The first-order chi connectivity index (χ1) is 27.0. The van der Waals surface area contributed by atoms with Crippen LogP contribution in [-0.2, 0) is 25.6 Å². The van der Waals surface area contributed by atoms with Gasteiger partial charge >= 0.3 is 12.2 Å². The maximum atomic E-state index is 13.7. The van der Waals surface area contributed by atoms with Gasteiger partial charge < -0.3 is 49.9 Å². The van der Waals surface area contributed by atoms with Gasteiger partial charge in [0.15, 0.2) is 0 Å². The number of nitrogens with one attached hydrogen (secondary N) is 4. The smallest absolute Gasteiger partial charge is 0.408 e. The van der Waals surface area contributed by atoms with E-state index in [0.29, 0.717) is 73.0 Å². The number of amides is 5. The number of anilines is 2. The Balaban J connectivity index is 1.50. The minimum atomic E-state index is -0.649. The van der Waals surface area contributed by atoms with Crippen molar-refractivity contribution in [3.8, 4) is 11.5 Å². The fourth-order valence-corrected chi connectivity index (χ4v) is 5.19. The number of rotatable bonds is 19. The molecule has 0 fully saturated rings. The van der Waals surface area contributed by atoms with Gasteiger partial charge in [0, 0.05) is 43.6 Å². The van der Waals surface area contributed by atoms with Crippen LogP contribution in [-0.4, -0.2) is 88.1 Å². The predicted octanol–water partition coefficient (Wildman–Crippen LogP) is 6.46. The van der Waals surface area contributed by atoms with E-state index in [-0.39, 0.29) is 31.6 Å². The Bertz CT molecular complexity index is 1820. The average Bonchev–Trinajstić information content (AvgIpc) is 3.15. The summed E-state index contributed by atoms with van der Waals surface area (Å²) in [6, 6.07) is 19.0. The Morgan fingerprint density at radius 3 is 2.05 bits per heavy atom. The lowest BCUT2D eigenvalue weighted by Crippen LogP contribution is -2.39. The average molecular weight is 792 g/mol. The molecular weight excluding hydrogens is 734 g/mol. The van der Waals surface area contributed by atoms with Crippen molar-refractivity contribution >= 4 is 41.3 Å². The number of alkyl carbamates (subject to hydrolysis) is 2. The van der Waals surface area contributed by atoms with Crippen LogP contribution in [0.4, 0.5) is 21.0 Å². The molecule has 4 N–H and O–H groups in total. The van der Waals surface area contributed by atoms with Crippen LogP contribution in [0.15, 0.2) is 66.7 Å². The fourth-order valence-electron chi connectivity index (χ4n) is 5.19. The zero-order valence-corrected chi connectivity index (χ0v) is 34.2. The van der Waals surface area contributed by atoms with E-state index in [1.165, 1.54) is 12.0 Å². The molecule has 0 bridgehead atoms. The van der Waals surface area contributed by atoms with Crippen LogP contribution in [0.3, 0.4) is 0 Å². The normalized spacial score (nSPS) is 11.2. The summed E-state index contributed by atoms with van der Waals surface area (Å²) in [6.07, 6.45) is 0.695. The van der Waals surface area contributed by atoms with Crippen molar-refractivity contribution < 1.29 is 47.7 Å².